The van der Waals surface area contributed by atoms with Crippen molar-refractivity contribution in [2.24, 2.45) is 5.92 Å². The average molecular weight is 370 g/mol. The third-order valence-electron chi connectivity index (χ3n) is 5.04. The Bertz CT molecular complexity index is 963. The van der Waals surface area contributed by atoms with Crippen LogP contribution < -0.4 is 9.62 Å². The molecular weight excluding hydrogens is 348 g/mol. The first-order valence-electron chi connectivity index (χ1n) is 8.90. The maximum Gasteiger partial charge on any atom is 0.261 e. The maximum absolute atomic E-state index is 12.7. The molecule has 1 aliphatic heterocycles. The van der Waals surface area contributed by atoms with Crippen LogP contribution in [-0.2, 0) is 21.2 Å². The summed E-state index contributed by atoms with van der Waals surface area (Å²) in [7, 11) is -3.66. The van der Waals surface area contributed by atoms with Crippen LogP contribution in [0.1, 0.15) is 30.9 Å². The lowest BCUT2D eigenvalue weighted by Gasteiger charge is -2.22. The number of rotatable bonds is 4. The van der Waals surface area contributed by atoms with Crippen molar-refractivity contribution in [3.05, 3.63) is 53.6 Å². The zero-order chi connectivity index (χ0) is 18.5. The highest BCUT2D eigenvalue weighted by Crippen LogP contribution is 2.39. The summed E-state index contributed by atoms with van der Waals surface area (Å²) in [4.78, 5) is 14.6. The van der Waals surface area contributed by atoms with E-state index in [1.165, 1.54) is 0 Å². The second-order valence-electron chi connectivity index (χ2n) is 7.30. The molecule has 1 heterocycles. The van der Waals surface area contributed by atoms with E-state index in [1.807, 2.05) is 30.9 Å². The molecule has 1 N–H and O–H groups in total. The summed E-state index contributed by atoms with van der Waals surface area (Å²) < 4.78 is 28.0. The fraction of sp³-hybridized carbons (Fsp3) is 0.350. The molecule has 0 unspecified atom stereocenters. The molecule has 0 saturated heterocycles. The largest absolute Gasteiger partial charge is 0.309 e. The van der Waals surface area contributed by atoms with Gasteiger partial charge < -0.3 is 4.90 Å². The third-order valence-corrected chi connectivity index (χ3v) is 6.42. The number of fused-ring (bicyclic) bond motifs is 1. The van der Waals surface area contributed by atoms with E-state index in [0.717, 1.165) is 29.7 Å². The second-order valence-corrected chi connectivity index (χ2v) is 8.98. The summed E-state index contributed by atoms with van der Waals surface area (Å²) in [6.07, 6.45) is 2.61. The smallest absolute Gasteiger partial charge is 0.261 e. The van der Waals surface area contributed by atoms with Crippen LogP contribution in [-0.4, -0.2) is 20.4 Å². The van der Waals surface area contributed by atoms with E-state index in [2.05, 4.69) is 4.72 Å². The molecule has 2 aromatic carbocycles. The number of aryl methyl sites for hydroxylation is 1. The molecule has 1 amide bonds. The van der Waals surface area contributed by atoms with Gasteiger partial charge in [-0.3, -0.25) is 9.52 Å². The van der Waals surface area contributed by atoms with Gasteiger partial charge in [0.05, 0.1) is 4.90 Å². The Hall–Kier alpha value is -2.34. The minimum atomic E-state index is -3.66. The van der Waals surface area contributed by atoms with Crippen LogP contribution in [0.25, 0.3) is 0 Å². The number of anilines is 2. The number of amides is 1. The Morgan fingerprint density at radius 1 is 1.12 bits per heavy atom. The van der Waals surface area contributed by atoms with Gasteiger partial charge in [-0.15, -0.1) is 0 Å². The molecule has 0 radical (unpaired) electrons. The number of carbonyl (C=O) groups excluding carboxylic acids is 1. The van der Waals surface area contributed by atoms with Gasteiger partial charge in [0.1, 0.15) is 0 Å². The molecule has 0 spiro atoms. The number of sulfonamides is 1. The fourth-order valence-electron chi connectivity index (χ4n) is 3.47. The summed E-state index contributed by atoms with van der Waals surface area (Å²) in [6.45, 7) is 3.97. The number of nitrogens with zero attached hydrogens (tertiary/aromatic N) is 1. The van der Waals surface area contributed by atoms with Crippen molar-refractivity contribution in [3.8, 4) is 0 Å². The Morgan fingerprint density at radius 3 is 2.46 bits per heavy atom. The molecule has 0 aromatic heterocycles. The van der Waals surface area contributed by atoms with Crippen molar-refractivity contribution >= 4 is 27.3 Å². The summed E-state index contributed by atoms with van der Waals surface area (Å²) in [6, 6.07) is 12.3. The van der Waals surface area contributed by atoms with E-state index in [0.29, 0.717) is 12.1 Å². The Balaban J connectivity index is 1.62. The van der Waals surface area contributed by atoms with Crippen LogP contribution in [0, 0.1) is 12.8 Å². The van der Waals surface area contributed by atoms with Crippen molar-refractivity contribution in [3.63, 3.8) is 0 Å². The Morgan fingerprint density at radius 2 is 1.81 bits per heavy atom. The molecule has 0 bridgehead atoms. The highest BCUT2D eigenvalue weighted by molar-refractivity contribution is 7.92. The molecule has 2 aromatic rings. The lowest BCUT2D eigenvalue weighted by Crippen LogP contribution is -2.36. The van der Waals surface area contributed by atoms with Gasteiger partial charge in [0.25, 0.3) is 10.0 Å². The van der Waals surface area contributed by atoms with E-state index in [9.17, 15) is 13.2 Å². The van der Waals surface area contributed by atoms with Crippen molar-refractivity contribution in [1.29, 1.82) is 0 Å². The maximum atomic E-state index is 12.7. The zero-order valence-corrected chi connectivity index (χ0v) is 15.7. The van der Waals surface area contributed by atoms with Gasteiger partial charge in [-0.25, -0.2) is 8.42 Å². The van der Waals surface area contributed by atoms with Crippen LogP contribution >= 0.6 is 0 Å². The Labute approximate surface area is 154 Å². The van der Waals surface area contributed by atoms with E-state index in [4.69, 9.17) is 0 Å². The van der Waals surface area contributed by atoms with Gasteiger partial charge in [-0.2, -0.15) is 0 Å². The molecule has 1 fully saturated rings. The lowest BCUT2D eigenvalue weighted by molar-refractivity contribution is -0.120. The van der Waals surface area contributed by atoms with Gasteiger partial charge in [0.15, 0.2) is 0 Å². The minimum absolute atomic E-state index is 0.0705. The Kier molecular flexibility index (Phi) is 4.03. The zero-order valence-electron chi connectivity index (χ0n) is 14.9. The highest BCUT2D eigenvalue weighted by atomic mass is 32.2. The number of hydrogen-bond donors (Lipinski definition) is 1. The number of carbonyl (C=O) groups is 1. The lowest BCUT2D eigenvalue weighted by atomic mass is 10.1. The van der Waals surface area contributed by atoms with Crippen LogP contribution in [0.3, 0.4) is 0 Å². The standard InChI is InChI=1S/C20H22N2O3S/c1-13-3-7-17(8-4-13)21-26(24,25)18-9-10-19-16(12-18)11-14(2)22(19)20(23)15-5-6-15/h3-4,7-10,12,14-15,21H,5-6,11H2,1-2H3/t14-/m0/s1. The van der Waals surface area contributed by atoms with Crippen LogP contribution in [0.2, 0.25) is 0 Å². The second kappa shape index (κ2) is 6.13. The van der Waals surface area contributed by atoms with E-state index in [1.54, 1.807) is 30.3 Å². The molecule has 5 nitrogen and oxygen atoms in total. The molecular formula is C20H22N2O3S. The highest BCUT2D eigenvalue weighted by Gasteiger charge is 2.39. The molecule has 2 aliphatic rings. The normalized spacial score (nSPS) is 19.3. The van der Waals surface area contributed by atoms with E-state index in [-0.39, 0.29) is 22.8 Å². The molecule has 1 saturated carbocycles. The first-order chi connectivity index (χ1) is 12.3. The van der Waals surface area contributed by atoms with Gasteiger partial charge in [0, 0.05) is 23.3 Å². The fourth-order valence-corrected chi connectivity index (χ4v) is 4.58. The van der Waals surface area contributed by atoms with Gasteiger partial charge in [-0.1, -0.05) is 17.7 Å². The summed E-state index contributed by atoms with van der Waals surface area (Å²) >= 11 is 0. The van der Waals surface area contributed by atoms with Crippen LogP contribution in [0.5, 0.6) is 0 Å². The van der Waals surface area contributed by atoms with Gasteiger partial charge in [-0.05, 0) is 69.0 Å². The first-order valence-corrected chi connectivity index (χ1v) is 10.4. The van der Waals surface area contributed by atoms with Crippen LogP contribution in [0.4, 0.5) is 11.4 Å². The predicted octanol–water partition coefficient (Wildman–Crippen LogP) is 3.48. The monoisotopic (exact) mass is 370 g/mol. The molecule has 136 valence electrons. The third kappa shape index (κ3) is 3.09. The van der Waals surface area contributed by atoms with Crippen molar-refractivity contribution < 1.29 is 13.2 Å². The van der Waals surface area contributed by atoms with Gasteiger partial charge in [0.2, 0.25) is 5.91 Å². The molecule has 4 rings (SSSR count). The first kappa shape index (κ1) is 17.1. The quantitative estimate of drug-likeness (QED) is 0.896. The predicted molar refractivity (Wildman–Crippen MR) is 102 cm³/mol. The summed E-state index contributed by atoms with van der Waals surface area (Å²) in [5, 5.41) is 0. The van der Waals surface area contributed by atoms with Crippen molar-refractivity contribution in [2.75, 3.05) is 9.62 Å². The number of benzene rings is 2. The SMILES string of the molecule is Cc1ccc(NS(=O)(=O)c2ccc3c(c2)C[C@H](C)N3C(=O)C2CC2)cc1. The summed E-state index contributed by atoms with van der Waals surface area (Å²) in [5.41, 5.74) is 3.37. The van der Waals surface area contributed by atoms with E-state index >= 15 is 0 Å². The van der Waals surface area contributed by atoms with Gasteiger partial charge >= 0.3 is 0 Å². The molecule has 1 atom stereocenters. The molecule has 26 heavy (non-hydrogen) atoms. The van der Waals surface area contributed by atoms with Crippen molar-refractivity contribution in [2.45, 2.75) is 44.0 Å². The summed E-state index contributed by atoms with van der Waals surface area (Å²) in [5.74, 6) is 0.319. The van der Waals surface area contributed by atoms with Crippen LogP contribution in [0.15, 0.2) is 47.4 Å². The number of hydrogen-bond acceptors (Lipinski definition) is 3. The van der Waals surface area contributed by atoms with Crippen molar-refractivity contribution in [1.82, 2.24) is 0 Å². The topological polar surface area (TPSA) is 66.5 Å². The van der Waals surface area contributed by atoms with E-state index < -0.39 is 10.0 Å². The average Bonchev–Trinajstić information content (AvgIpc) is 3.38. The minimum Gasteiger partial charge on any atom is -0.309 e. The molecule has 6 heteroatoms. The number of nitrogens with one attached hydrogen (secondary N) is 1. The molecule has 1 aliphatic carbocycles.